The van der Waals surface area contributed by atoms with Crippen molar-refractivity contribution in [3.63, 3.8) is 0 Å². The molecular weight excluding hydrogens is 390 g/mol. The number of carbonyl (C=O) groups is 3. The van der Waals surface area contributed by atoms with Crippen LogP contribution in [0.25, 0.3) is 0 Å². The van der Waals surface area contributed by atoms with Gasteiger partial charge < -0.3 is 10.1 Å². The number of rotatable bonds is 7. The number of thioether (sulfide) groups is 1. The molecule has 0 unspecified atom stereocenters. The lowest BCUT2D eigenvalue weighted by molar-refractivity contribution is -0.142. The fraction of sp³-hybridized carbons (Fsp3) is 0.381. The largest absolute Gasteiger partial charge is 0.457 e. The normalized spacial score (nSPS) is 12.9. The number of nitrogens with zero attached hydrogens (tertiary/aromatic N) is 2. The van der Waals surface area contributed by atoms with Crippen molar-refractivity contribution in [2.45, 2.75) is 44.7 Å². The molecule has 0 saturated carbocycles. The topological polar surface area (TPSA) is 98.2 Å². The Morgan fingerprint density at radius 3 is 2.59 bits per heavy atom. The number of ketones is 1. The summed E-state index contributed by atoms with van der Waals surface area (Å²) in [5.74, 6) is -0.723. The molecule has 0 bridgehead atoms. The van der Waals surface area contributed by atoms with Crippen LogP contribution in [0, 0.1) is 13.8 Å². The zero-order chi connectivity index (χ0) is 21.0. The van der Waals surface area contributed by atoms with Crippen LogP contribution in [0.2, 0.25) is 0 Å². The van der Waals surface area contributed by atoms with E-state index in [9.17, 15) is 14.4 Å². The quantitative estimate of drug-likeness (QED) is 0.322. The second-order valence-corrected chi connectivity index (χ2v) is 7.64. The minimum atomic E-state index is -0.434. The van der Waals surface area contributed by atoms with Gasteiger partial charge in [0.1, 0.15) is 0 Å². The first-order chi connectivity index (χ1) is 13.9. The van der Waals surface area contributed by atoms with Crippen LogP contribution >= 0.6 is 11.8 Å². The molecule has 3 rings (SSSR count). The van der Waals surface area contributed by atoms with Crippen LogP contribution in [-0.2, 0) is 27.2 Å². The van der Waals surface area contributed by atoms with Crippen LogP contribution < -0.4 is 5.32 Å². The van der Waals surface area contributed by atoms with Gasteiger partial charge in [-0.05, 0) is 62.3 Å². The molecule has 0 fully saturated rings. The minimum Gasteiger partial charge on any atom is -0.457 e. The molecule has 152 valence electrons. The molecule has 0 saturated heterocycles. The number of anilines is 1. The van der Waals surface area contributed by atoms with Gasteiger partial charge in [-0.1, -0.05) is 11.8 Å². The number of aryl methyl sites for hydroxylation is 3. The van der Waals surface area contributed by atoms with Crippen molar-refractivity contribution in [1.29, 1.82) is 0 Å². The third-order valence-corrected chi connectivity index (χ3v) is 5.40. The SMILES string of the molecule is CSc1nc(C)c(CCC(=O)OCC(=O)c2ccc3c(c2)CCC(=O)N3)c(C)n1. The number of esters is 1. The van der Waals surface area contributed by atoms with Gasteiger partial charge in [0.2, 0.25) is 5.91 Å². The second kappa shape index (κ2) is 9.17. The van der Waals surface area contributed by atoms with Crippen molar-refractivity contribution in [2.24, 2.45) is 0 Å². The molecule has 0 atom stereocenters. The van der Waals surface area contributed by atoms with Crippen molar-refractivity contribution >= 4 is 35.1 Å². The lowest BCUT2D eigenvalue weighted by atomic mass is 9.99. The van der Waals surface area contributed by atoms with Crippen LogP contribution in [-0.4, -0.2) is 40.5 Å². The molecule has 29 heavy (non-hydrogen) atoms. The number of nitrogens with one attached hydrogen (secondary N) is 1. The highest BCUT2D eigenvalue weighted by Gasteiger charge is 2.18. The highest BCUT2D eigenvalue weighted by atomic mass is 32.2. The Kier molecular flexibility index (Phi) is 6.64. The van der Waals surface area contributed by atoms with E-state index >= 15 is 0 Å². The Balaban J connectivity index is 1.53. The van der Waals surface area contributed by atoms with Crippen LogP contribution in [0.5, 0.6) is 0 Å². The van der Waals surface area contributed by atoms with E-state index in [1.165, 1.54) is 11.8 Å². The molecule has 1 aliphatic rings. The maximum Gasteiger partial charge on any atom is 0.306 e. The van der Waals surface area contributed by atoms with Crippen molar-refractivity contribution in [3.05, 3.63) is 46.3 Å². The van der Waals surface area contributed by atoms with E-state index in [1.54, 1.807) is 18.2 Å². The summed E-state index contributed by atoms with van der Waals surface area (Å²) in [6.45, 7) is 3.50. The van der Waals surface area contributed by atoms with Crippen molar-refractivity contribution < 1.29 is 19.1 Å². The van der Waals surface area contributed by atoms with Gasteiger partial charge >= 0.3 is 5.97 Å². The fourth-order valence-electron chi connectivity index (χ4n) is 3.25. The molecule has 1 N–H and O–H groups in total. The Labute approximate surface area is 173 Å². The molecule has 1 aromatic heterocycles. The summed E-state index contributed by atoms with van der Waals surface area (Å²) in [5.41, 5.74) is 4.76. The predicted molar refractivity (Wildman–Crippen MR) is 110 cm³/mol. The van der Waals surface area contributed by atoms with Crippen LogP contribution in [0.1, 0.15) is 45.7 Å². The predicted octanol–water partition coefficient (Wildman–Crippen LogP) is 3.06. The maximum atomic E-state index is 12.4. The molecule has 7 nitrogen and oxygen atoms in total. The van der Waals surface area contributed by atoms with E-state index in [0.29, 0.717) is 30.0 Å². The molecule has 2 aromatic rings. The first-order valence-corrected chi connectivity index (χ1v) is 10.6. The number of fused-ring (bicyclic) bond motifs is 1. The highest BCUT2D eigenvalue weighted by molar-refractivity contribution is 7.98. The molecule has 0 spiro atoms. The molecule has 8 heteroatoms. The van der Waals surface area contributed by atoms with E-state index in [4.69, 9.17) is 4.74 Å². The lowest BCUT2D eigenvalue weighted by Gasteiger charge is -2.17. The molecular formula is C21H23N3O4S. The number of hydrogen-bond acceptors (Lipinski definition) is 7. The number of benzene rings is 1. The summed E-state index contributed by atoms with van der Waals surface area (Å²) in [4.78, 5) is 44.7. The Morgan fingerprint density at radius 2 is 1.90 bits per heavy atom. The second-order valence-electron chi connectivity index (χ2n) is 6.86. The zero-order valence-electron chi connectivity index (χ0n) is 16.7. The number of aromatic nitrogens is 2. The van der Waals surface area contributed by atoms with E-state index < -0.39 is 5.97 Å². The van der Waals surface area contributed by atoms with Crippen molar-refractivity contribution in [2.75, 3.05) is 18.2 Å². The van der Waals surface area contributed by atoms with Crippen molar-refractivity contribution in [1.82, 2.24) is 9.97 Å². The average molecular weight is 413 g/mol. The average Bonchev–Trinajstić information content (AvgIpc) is 2.70. The van der Waals surface area contributed by atoms with Gasteiger partial charge in [0, 0.05) is 35.5 Å². The smallest absolute Gasteiger partial charge is 0.306 e. The van der Waals surface area contributed by atoms with Gasteiger partial charge in [-0.25, -0.2) is 9.97 Å². The molecule has 1 aliphatic heterocycles. The van der Waals surface area contributed by atoms with Crippen LogP contribution in [0.15, 0.2) is 23.4 Å². The third kappa shape index (κ3) is 5.20. The summed E-state index contributed by atoms with van der Waals surface area (Å²) in [6, 6.07) is 5.10. The summed E-state index contributed by atoms with van der Waals surface area (Å²) in [7, 11) is 0. The Hall–Kier alpha value is -2.74. The summed E-state index contributed by atoms with van der Waals surface area (Å²) >= 11 is 1.48. The zero-order valence-corrected chi connectivity index (χ0v) is 17.5. The molecule has 1 amide bonds. The van der Waals surface area contributed by atoms with Gasteiger partial charge in [0.25, 0.3) is 0 Å². The Bertz CT molecular complexity index is 951. The van der Waals surface area contributed by atoms with E-state index in [2.05, 4.69) is 15.3 Å². The van der Waals surface area contributed by atoms with Gasteiger partial charge in [-0.3, -0.25) is 14.4 Å². The molecule has 1 aromatic carbocycles. The van der Waals surface area contributed by atoms with Gasteiger partial charge in [0.05, 0.1) is 0 Å². The van der Waals surface area contributed by atoms with Gasteiger partial charge in [-0.2, -0.15) is 0 Å². The third-order valence-electron chi connectivity index (χ3n) is 4.85. The van der Waals surface area contributed by atoms with E-state index in [0.717, 1.165) is 28.2 Å². The minimum absolute atomic E-state index is 0.0236. The van der Waals surface area contributed by atoms with E-state index in [1.807, 2.05) is 20.1 Å². The van der Waals surface area contributed by atoms with Crippen LogP contribution in [0.4, 0.5) is 5.69 Å². The van der Waals surface area contributed by atoms with E-state index in [-0.39, 0.29) is 24.7 Å². The number of ether oxygens (including phenoxy) is 1. The summed E-state index contributed by atoms with van der Waals surface area (Å²) < 4.78 is 5.16. The molecule has 0 aliphatic carbocycles. The molecule has 2 heterocycles. The van der Waals surface area contributed by atoms with Crippen molar-refractivity contribution in [3.8, 4) is 0 Å². The van der Waals surface area contributed by atoms with Gasteiger partial charge in [-0.15, -0.1) is 0 Å². The lowest BCUT2D eigenvalue weighted by Crippen LogP contribution is -2.20. The Morgan fingerprint density at radius 1 is 1.17 bits per heavy atom. The standard InChI is InChI=1S/C21H23N3O4S/c1-12-16(13(2)23-21(22-12)29-3)6-9-20(27)28-11-18(25)15-4-7-17-14(10-15)5-8-19(26)24-17/h4,7,10H,5-6,8-9,11H2,1-3H3,(H,24,26). The monoisotopic (exact) mass is 413 g/mol. The van der Waals surface area contributed by atoms with Gasteiger partial charge in [0.15, 0.2) is 17.5 Å². The number of Topliss-reactive ketones (excluding diaryl/α,β-unsaturated/α-hetero) is 1. The number of hydrogen-bond donors (Lipinski definition) is 1. The number of carbonyl (C=O) groups excluding carboxylic acids is 3. The maximum absolute atomic E-state index is 12.4. The first kappa shape index (κ1) is 21.0. The molecule has 0 radical (unpaired) electrons. The summed E-state index contributed by atoms with van der Waals surface area (Å²) in [6.07, 6.45) is 3.55. The fourth-order valence-corrected chi connectivity index (χ4v) is 3.70. The number of amides is 1. The van der Waals surface area contributed by atoms with Crippen LogP contribution in [0.3, 0.4) is 0 Å². The summed E-state index contributed by atoms with van der Waals surface area (Å²) in [5, 5.41) is 3.49. The first-order valence-electron chi connectivity index (χ1n) is 9.37. The highest BCUT2D eigenvalue weighted by Crippen LogP contribution is 2.24.